The van der Waals surface area contributed by atoms with Gasteiger partial charge in [-0.3, -0.25) is 24.1 Å². The number of carbonyl (C=O) groups is 3. The van der Waals surface area contributed by atoms with Crippen molar-refractivity contribution in [2.24, 2.45) is 18.9 Å². The molecular weight excluding hydrogens is 636 g/mol. The number of ether oxygens (including phenoxy) is 1. The van der Waals surface area contributed by atoms with E-state index in [2.05, 4.69) is 20.6 Å². The Balaban J connectivity index is 1.24. The highest BCUT2D eigenvalue weighted by molar-refractivity contribution is 6.33. The van der Waals surface area contributed by atoms with Crippen LogP contribution in [0.1, 0.15) is 27.6 Å². The van der Waals surface area contributed by atoms with E-state index in [1.165, 1.54) is 42.9 Å². The lowest BCUT2D eigenvalue weighted by Gasteiger charge is -2.43. The van der Waals surface area contributed by atoms with Gasteiger partial charge in [-0.1, -0.05) is 30.7 Å². The third kappa shape index (κ3) is 5.84. The molecule has 12 nitrogen and oxygen atoms in total. The van der Waals surface area contributed by atoms with Crippen molar-refractivity contribution in [3.05, 3.63) is 81.2 Å². The number of nitrogens with one attached hydrogen (secondary N) is 2. The van der Waals surface area contributed by atoms with Crippen molar-refractivity contribution < 1.29 is 27.9 Å². The maximum Gasteiger partial charge on any atom is 0.293 e. The van der Waals surface area contributed by atoms with Gasteiger partial charge in [0.15, 0.2) is 18.2 Å². The molecule has 1 fully saturated rings. The Kier molecular flexibility index (Phi) is 8.30. The summed E-state index contributed by atoms with van der Waals surface area (Å²) in [6, 6.07) is 13.0. The lowest BCUT2D eigenvalue weighted by Crippen LogP contribution is -2.56. The monoisotopic (exact) mass is 665 g/mol. The van der Waals surface area contributed by atoms with Crippen LogP contribution in [0.25, 0.3) is 10.9 Å². The highest BCUT2D eigenvalue weighted by Crippen LogP contribution is 2.40. The third-order valence-corrected chi connectivity index (χ3v) is 8.80. The number of hydrogen-bond acceptors (Lipinski definition) is 9. The van der Waals surface area contributed by atoms with Crippen LogP contribution in [0, 0.1) is 11.8 Å². The average Bonchev–Trinajstić information content (AvgIpc) is 3.29. The lowest BCUT2D eigenvalue weighted by molar-refractivity contribution is -0.122. The first kappa shape index (κ1) is 31.9. The van der Waals surface area contributed by atoms with Gasteiger partial charge in [-0.15, -0.1) is 0 Å². The van der Waals surface area contributed by atoms with Gasteiger partial charge < -0.3 is 24.8 Å². The van der Waals surface area contributed by atoms with Gasteiger partial charge in [0.25, 0.3) is 29.2 Å². The minimum Gasteiger partial charge on any atom is -0.478 e. The number of likely N-dealkylation sites (N-methyl/N-ethyl adjacent to an activating group) is 1. The van der Waals surface area contributed by atoms with Gasteiger partial charge in [0, 0.05) is 50.7 Å². The molecule has 15 heteroatoms. The number of benzene rings is 2. The van der Waals surface area contributed by atoms with Crippen molar-refractivity contribution in [2.45, 2.75) is 12.8 Å². The molecule has 0 radical (unpaired) electrons. The summed E-state index contributed by atoms with van der Waals surface area (Å²) in [7, 11) is 3.05. The number of nitrogens with zero attached hydrogens (tertiary/aromatic N) is 5. The van der Waals surface area contributed by atoms with E-state index in [0.29, 0.717) is 16.6 Å². The van der Waals surface area contributed by atoms with E-state index in [1.807, 2.05) is 0 Å². The Morgan fingerprint density at radius 1 is 1.09 bits per heavy atom. The predicted octanol–water partition coefficient (Wildman–Crippen LogP) is 3.85. The second-order valence-electron chi connectivity index (χ2n) is 11.5. The molecule has 0 bridgehead atoms. The molecule has 4 heterocycles. The zero-order chi connectivity index (χ0) is 33.6. The Labute approximate surface area is 272 Å². The molecule has 47 heavy (non-hydrogen) atoms. The molecule has 0 spiro atoms. The molecule has 0 saturated carbocycles. The normalized spacial score (nSPS) is 18.8. The number of aromatic nitrogens is 3. The van der Waals surface area contributed by atoms with Crippen molar-refractivity contribution in [2.75, 3.05) is 43.5 Å². The van der Waals surface area contributed by atoms with Crippen LogP contribution in [0.5, 0.6) is 5.75 Å². The van der Waals surface area contributed by atoms with E-state index in [4.69, 9.17) is 16.3 Å². The van der Waals surface area contributed by atoms with Crippen molar-refractivity contribution in [3.63, 3.8) is 0 Å². The standard InChI is InChI=1S/C32H30ClF2N7O5/c1-17-13-41(14-19(32(17,34)35)15-42-28(44)21-6-4-5-7-22(21)29(42)45)31-37-12-23(33)27(39-31)38-20-8-9-24-18(10-20)11-25(30(46)40(24)3)47-16-26(43)36-2/h4-12,17,19H,13-16H2,1-3H3,(H,36,43)(H,37,38,39). The van der Waals surface area contributed by atoms with Crippen LogP contribution in [0.15, 0.2) is 59.5 Å². The highest BCUT2D eigenvalue weighted by Gasteiger charge is 2.52. The van der Waals surface area contributed by atoms with Gasteiger partial charge in [0.2, 0.25) is 5.95 Å². The zero-order valence-electron chi connectivity index (χ0n) is 25.6. The van der Waals surface area contributed by atoms with Crippen LogP contribution < -0.4 is 25.8 Å². The average molecular weight is 666 g/mol. The van der Waals surface area contributed by atoms with E-state index >= 15 is 8.78 Å². The molecular formula is C32H30ClF2N7O5. The number of anilines is 3. The minimum absolute atomic E-state index is 0.00473. The summed E-state index contributed by atoms with van der Waals surface area (Å²) in [6.45, 7) is 0.331. The second kappa shape index (κ2) is 12.2. The van der Waals surface area contributed by atoms with Crippen LogP contribution >= 0.6 is 11.6 Å². The molecule has 2 atom stereocenters. The van der Waals surface area contributed by atoms with E-state index in [9.17, 15) is 19.2 Å². The molecule has 2 aromatic carbocycles. The van der Waals surface area contributed by atoms with Gasteiger partial charge in [0.05, 0.1) is 28.8 Å². The molecule has 2 aromatic heterocycles. The number of alkyl halides is 2. The third-order valence-electron chi connectivity index (χ3n) is 8.52. The minimum atomic E-state index is -3.17. The summed E-state index contributed by atoms with van der Waals surface area (Å²) in [5.41, 5.74) is 1.13. The van der Waals surface area contributed by atoms with Crippen molar-refractivity contribution in [3.8, 4) is 5.75 Å². The van der Waals surface area contributed by atoms with Crippen molar-refractivity contribution >= 4 is 57.7 Å². The number of rotatable bonds is 8. The van der Waals surface area contributed by atoms with Gasteiger partial charge in [-0.2, -0.15) is 4.98 Å². The SMILES string of the molecule is CNC(=O)COc1cc2cc(Nc3nc(N4CC(C)C(F)(F)C(CN5C(=O)c6ccccc6C5=O)C4)ncc3Cl)ccc2n(C)c1=O. The van der Waals surface area contributed by atoms with Crippen molar-refractivity contribution in [1.29, 1.82) is 0 Å². The molecule has 0 aliphatic carbocycles. The first-order valence-electron chi connectivity index (χ1n) is 14.7. The number of piperidine rings is 1. The second-order valence-corrected chi connectivity index (χ2v) is 12.0. The fourth-order valence-electron chi connectivity index (χ4n) is 5.87. The molecule has 4 aromatic rings. The Hall–Kier alpha value is -5.11. The summed E-state index contributed by atoms with van der Waals surface area (Å²) < 4.78 is 37.9. The van der Waals surface area contributed by atoms with E-state index in [1.54, 1.807) is 42.3 Å². The summed E-state index contributed by atoms with van der Waals surface area (Å²) in [5, 5.41) is 6.35. The molecule has 1 saturated heterocycles. The van der Waals surface area contributed by atoms with Gasteiger partial charge in [-0.25, -0.2) is 13.8 Å². The summed E-state index contributed by atoms with van der Waals surface area (Å²) in [5.74, 6) is -6.93. The zero-order valence-corrected chi connectivity index (χ0v) is 26.3. The van der Waals surface area contributed by atoms with Crippen LogP contribution in [-0.2, 0) is 11.8 Å². The summed E-state index contributed by atoms with van der Waals surface area (Å²) in [4.78, 5) is 61.6. The largest absolute Gasteiger partial charge is 0.478 e. The highest BCUT2D eigenvalue weighted by atomic mass is 35.5. The van der Waals surface area contributed by atoms with E-state index in [-0.39, 0.29) is 53.4 Å². The van der Waals surface area contributed by atoms with E-state index < -0.39 is 47.6 Å². The fraction of sp³-hybridized carbons (Fsp3) is 0.312. The number of pyridine rings is 1. The van der Waals surface area contributed by atoms with Gasteiger partial charge >= 0.3 is 0 Å². The quantitative estimate of drug-likeness (QED) is 0.269. The van der Waals surface area contributed by atoms with Crippen LogP contribution in [0.2, 0.25) is 5.02 Å². The summed E-state index contributed by atoms with van der Waals surface area (Å²) >= 11 is 6.44. The van der Waals surface area contributed by atoms with Gasteiger partial charge in [0.1, 0.15) is 5.02 Å². The number of halogens is 3. The molecule has 3 amide bonds. The number of imide groups is 1. The lowest BCUT2D eigenvalue weighted by atomic mass is 9.85. The number of hydrogen-bond donors (Lipinski definition) is 2. The maximum atomic E-state index is 15.5. The first-order chi connectivity index (χ1) is 22.4. The number of amides is 3. The van der Waals surface area contributed by atoms with Crippen LogP contribution in [0.3, 0.4) is 0 Å². The smallest absolute Gasteiger partial charge is 0.293 e. The number of aryl methyl sites for hydroxylation is 1. The Morgan fingerprint density at radius 3 is 2.47 bits per heavy atom. The number of carbonyl (C=O) groups excluding carboxylic acids is 3. The molecule has 2 unspecified atom stereocenters. The predicted molar refractivity (Wildman–Crippen MR) is 171 cm³/mol. The topological polar surface area (TPSA) is 139 Å². The molecule has 2 aliphatic rings. The Morgan fingerprint density at radius 2 is 1.79 bits per heavy atom. The molecule has 2 aliphatic heterocycles. The van der Waals surface area contributed by atoms with E-state index in [0.717, 1.165) is 4.90 Å². The van der Waals surface area contributed by atoms with Gasteiger partial charge in [-0.05, 0) is 36.4 Å². The van der Waals surface area contributed by atoms with Crippen LogP contribution in [0.4, 0.5) is 26.2 Å². The van der Waals surface area contributed by atoms with Crippen molar-refractivity contribution in [1.82, 2.24) is 24.8 Å². The maximum absolute atomic E-state index is 15.5. The van der Waals surface area contributed by atoms with Crippen LogP contribution in [-0.4, -0.2) is 76.4 Å². The Bertz CT molecular complexity index is 1950. The first-order valence-corrected chi connectivity index (χ1v) is 15.1. The number of fused-ring (bicyclic) bond motifs is 2. The fourth-order valence-corrected chi connectivity index (χ4v) is 6.01. The molecule has 2 N–H and O–H groups in total. The summed E-state index contributed by atoms with van der Waals surface area (Å²) in [6.07, 6.45) is 1.36. The molecule has 6 rings (SSSR count). The molecule has 244 valence electrons.